The number of piperidine rings is 1. The molecule has 31 heavy (non-hydrogen) atoms. The van der Waals surface area contributed by atoms with E-state index in [0.29, 0.717) is 24.5 Å². The minimum Gasteiger partial charge on any atom is -0.493 e. The molecule has 0 saturated carbocycles. The summed E-state index contributed by atoms with van der Waals surface area (Å²) < 4.78 is 11.7. The van der Waals surface area contributed by atoms with Crippen molar-refractivity contribution in [1.29, 1.82) is 0 Å². The summed E-state index contributed by atoms with van der Waals surface area (Å²) in [4.78, 5) is 14.1. The van der Waals surface area contributed by atoms with Gasteiger partial charge in [-0.15, -0.1) is 0 Å². The van der Waals surface area contributed by atoms with E-state index in [0.717, 1.165) is 36.1 Å². The zero-order chi connectivity index (χ0) is 21.6. The van der Waals surface area contributed by atoms with E-state index in [2.05, 4.69) is 16.3 Å². The Balaban J connectivity index is 1.64. The van der Waals surface area contributed by atoms with Gasteiger partial charge >= 0.3 is 5.97 Å². The summed E-state index contributed by atoms with van der Waals surface area (Å²) in [7, 11) is 1.63. The second kappa shape index (κ2) is 9.98. The Kier molecular flexibility index (Phi) is 6.89. The molecule has 2 aromatic carbocycles. The summed E-state index contributed by atoms with van der Waals surface area (Å²) in [6, 6.07) is 17.4. The van der Waals surface area contributed by atoms with Gasteiger partial charge in [0.25, 0.3) is 0 Å². The number of rotatable bonds is 8. The van der Waals surface area contributed by atoms with Crippen LogP contribution < -0.4 is 9.47 Å². The van der Waals surface area contributed by atoms with Gasteiger partial charge in [0, 0.05) is 0 Å². The van der Waals surface area contributed by atoms with Crippen molar-refractivity contribution >= 4 is 17.3 Å². The number of carboxylic acids is 1. The van der Waals surface area contributed by atoms with Crippen molar-refractivity contribution in [3.8, 4) is 11.5 Å². The van der Waals surface area contributed by atoms with E-state index in [1.807, 2.05) is 53.9 Å². The van der Waals surface area contributed by atoms with Crippen LogP contribution in [0.1, 0.15) is 42.0 Å². The van der Waals surface area contributed by atoms with E-state index >= 15 is 0 Å². The van der Waals surface area contributed by atoms with E-state index in [1.165, 1.54) is 0 Å². The number of benzene rings is 2. The van der Waals surface area contributed by atoms with E-state index in [9.17, 15) is 9.90 Å². The molecule has 2 heterocycles. The van der Waals surface area contributed by atoms with Crippen LogP contribution in [0.3, 0.4) is 0 Å². The topological polar surface area (TPSA) is 59.0 Å². The fraction of sp³-hybridized carbons (Fsp3) is 0.320. The number of thiophene rings is 1. The fourth-order valence-electron chi connectivity index (χ4n) is 4.24. The van der Waals surface area contributed by atoms with Gasteiger partial charge < -0.3 is 14.6 Å². The largest absolute Gasteiger partial charge is 0.493 e. The number of ether oxygens (including phenoxy) is 2. The number of carboxylic acid groups (broad SMARTS) is 1. The minimum atomic E-state index is -0.755. The average molecular weight is 438 g/mol. The van der Waals surface area contributed by atoms with Crippen LogP contribution in [0, 0.1) is 0 Å². The van der Waals surface area contributed by atoms with Gasteiger partial charge in [0.1, 0.15) is 12.6 Å². The van der Waals surface area contributed by atoms with Crippen LogP contribution in [0.5, 0.6) is 11.5 Å². The Morgan fingerprint density at radius 3 is 2.68 bits per heavy atom. The van der Waals surface area contributed by atoms with Crippen molar-refractivity contribution in [2.75, 3.05) is 13.7 Å². The molecular formula is C25H27NO4S. The zero-order valence-electron chi connectivity index (χ0n) is 17.6. The predicted molar refractivity (Wildman–Crippen MR) is 122 cm³/mol. The lowest BCUT2D eigenvalue weighted by Crippen LogP contribution is -2.46. The number of nitrogens with zero attached hydrogens (tertiary/aromatic N) is 1. The molecule has 4 rings (SSSR count). The fourth-order valence-corrected chi connectivity index (χ4v) is 4.92. The normalized spacial score (nSPS) is 17.8. The average Bonchev–Trinajstić information content (AvgIpc) is 3.33. The zero-order valence-corrected chi connectivity index (χ0v) is 18.4. The van der Waals surface area contributed by atoms with Gasteiger partial charge in [-0.05, 0) is 65.0 Å². The summed E-state index contributed by atoms with van der Waals surface area (Å²) in [6.07, 6.45) is 2.62. The highest BCUT2D eigenvalue weighted by molar-refractivity contribution is 7.08. The monoisotopic (exact) mass is 437 g/mol. The van der Waals surface area contributed by atoms with Gasteiger partial charge in [-0.1, -0.05) is 42.8 Å². The van der Waals surface area contributed by atoms with E-state index in [-0.39, 0.29) is 6.04 Å². The molecule has 0 amide bonds. The Morgan fingerprint density at radius 1 is 1.13 bits per heavy atom. The van der Waals surface area contributed by atoms with E-state index in [1.54, 1.807) is 18.4 Å². The maximum atomic E-state index is 12.0. The highest BCUT2D eigenvalue weighted by atomic mass is 32.1. The Bertz CT molecular complexity index is 990. The van der Waals surface area contributed by atoms with Gasteiger partial charge in [-0.3, -0.25) is 9.69 Å². The second-order valence-electron chi connectivity index (χ2n) is 7.73. The molecular weight excluding hydrogens is 410 g/mol. The van der Waals surface area contributed by atoms with Crippen molar-refractivity contribution in [2.24, 2.45) is 0 Å². The lowest BCUT2D eigenvalue weighted by Gasteiger charge is -2.39. The van der Waals surface area contributed by atoms with Crippen LogP contribution in [0.25, 0.3) is 0 Å². The Hall–Kier alpha value is -2.83. The number of methoxy groups -OCH3 is 1. The molecule has 0 radical (unpaired) electrons. The SMILES string of the molecule is COc1cc(C(c2ccsc2)N2CCCCC2C(=O)O)ccc1OCc1ccccc1. The van der Waals surface area contributed by atoms with Crippen molar-refractivity contribution in [3.63, 3.8) is 0 Å². The molecule has 1 aromatic heterocycles. The molecule has 2 unspecified atom stereocenters. The second-order valence-corrected chi connectivity index (χ2v) is 8.51. The molecule has 162 valence electrons. The van der Waals surface area contributed by atoms with E-state index in [4.69, 9.17) is 9.47 Å². The molecule has 1 fully saturated rings. The minimum absolute atomic E-state index is 0.135. The van der Waals surface area contributed by atoms with Crippen molar-refractivity contribution in [2.45, 2.75) is 38.0 Å². The standard InChI is InChI=1S/C25H27NO4S/c1-29-23-15-19(10-11-22(23)30-16-18-7-3-2-4-8-18)24(20-12-14-31-17-20)26-13-6-5-9-21(26)25(27)28/h2-4,7-8,10-12,14-15,17,21,24H,5-6,9,13,16H2,1H3,(H,27,28). The van der Waals surface area contributed by atoms with Gasteiger partial charge in [0.2, 0.25) is 0 Å². The lowest BCUT2D eigenvalue weighted by atomic mass is 9.93. The summed E-state index contributed by atoms with van der Waals surface area (Å²) in [5.74, 6) is 0.569. The third-order valence-electron chi connectivity index (χ3n) is 5.76. The summed E-state index contributed by atoms with van der Waals surface area (Å²) in [5.41, 5.74) is 3.20. The van der Waals surface area contributed by atoms with E-state index < -0.39 is 12.0 Å². The van der Waals surface area contributed by atoms with Gasteiger partial charge in [0.05, 0.1) is 13.2 Å². The maximum Gasteiger partial charge on any atom is 0.320 e. The van der Waals surface area contributed by atoms with Gasteiger partial charge in [0.15, 0.2) is 11.5 Å². The maximum absolute atomic E-state index is 12.0. The number of aliphatic carboxylic acids is 1. The van der Waals surface area contributed by atoms with Crippen molar-refractivity contribution in [1.82, 2.24) is 4.90 Å². The molecule has 1 aliphatic heterocycles. The van der Waals surface area contributed by atoms with Crippen molar-refractivity contribution in [3.05, 3.63) is 82.0 Å². The van der Waals surface area contributed by atoms with Crippen LogP contribution in [0.4, 0.5) is 0 Å². The van der Waals surface area contributed by atoms with Crippen LogP contribution in [0.15, 0.2) is 65.4 Å². The first kappa shape index (κ1) is 21.4. The van der Waals surface area contributed by atoms with Crippen molar-refractivity contribution < 1.29 is 19.4 Å². The first-order valence-corrected chi connectivity index (χ1v) is 11.5. The molecule has 0 aliphatic carbocycles. The highest BCUT2D eigenvalue weighted by Crippen LogP contribution is 2.39. The quantitative estimate of drug-likeness (QED) is 0.514. The van der Waals surface area contributed by atoms with Gasteiger partial charge in [-0.25, -0.2) is 0 Å². The van der Waals surface area contributed by atoms with Gasteiger partial charge in [-0.2, -0.15) is 11.3 Å². The summed E-state index contributed by atoms with van der Waals surface area (Å²) in [5, 5.41) is 14.0. The summed E-state index contributed by atoms with van der Waals surface area (Å²) in [6.45, 7) is 1.21. The Morgan fingerprint density at radius 2 is 1.97 bits per heavy atom. The molecule has 1 saturated heterocycles. The number of carbonyl (C=O) groups is 1. The number of hydrogen-bond acceptors (Lipinski definition) is 5. The van der Waals surface area contributed by atoms with Crippen LogP contribution >= 0.6 is 11.3 Å². The molecule has 0 bridgehead atoms. The molecule has 1 N–H and O–H groups in total. The first-order valence-electron chi connectivity index (χ1n) is 10.5. The molecule has 5 nitrogen and oxygen atoms in total. The molecule has 6 heteroatoms. The third-order valence-corrected chi connectivity index (χ3v) is 6.46. The molecule has 1 aliphatic rings. The molecule has 2 atom stereocenters. The third kappa shape index (κ3) is 4.92. The van der Waals surface area contributed by atoms with Crippen LogP contribution in [0.2, 0.25) is 0 Å². The molecule has 3 aromatic rings. The van der Waals surface area contributed by atoms with Crippen LogP contribution in [-0.4, -0.2) is 35.7 Å². The first-order chi connectivity index (χ1) is 15.2. The lowest BCUT2D eigenvalue weighted by molar-refractivity contribution is -0.145. The van der Waals surface area contributed by atoms with Crippen LogP contribution in [-0.2, 0) is 11.4 Å². The number of hydrogen-bond donors (Lipinski definition) is 1. The Labute approximate surface area is 186 Å². The smallest absolute Gasteiger partial charge is 0.320 e. The summed E-state index contributed by atoms with van der Waals surface area (Å²) >= 11 is 1.63. The predicted octanol–water partition coefficient (Wildman–Crippen LogP) is 5.36. The highest BCUT2D eigenvalue weighted by Gasteiger charge is 2.35. The molecule has 0 spiro atoms. The number of likely N-dealkylation sites (tertiary alicyclic amines) is 1.